The molecule has 0 aliphatic carbocycles. The lowest BCUT2D eigenvalue weighted by molar-refractivity contribution is 0.137. The summed E-state index contributed by atoms with van der Waals surface area (Å²) in [6.07, 6.45) is -1.83. The minimum absolute atomic E-state index is 1.17. The van der Waals surface area contributed by atoms with E-state index in [2.05, 4.69) is 0 Å². The van der Waals surface area contributed by atoms with Crippen molar-refractivity contribution in [2.45, 2.75) is 12.3 Å². The van der Waals surface area contributed by atoms with Crippen molar-refractivity contribution in [3.63, 3.8) is 0 Å². The standard InChI is InChI=1S/C2H7NO3S.CH2O3/c1-2(3)7(4,5)6;2-1(3)4/h2H,3H2,1H3,(H,4,5,6);(H2,2,3,4). The molecule has 0 rings (SSSR count). The van der Waals surface area contributed by atoms with Gasteiger partial charge in [0, 0.05) is 0 Å². The average molecular weight is 187 g/mol. The smallest absolute Gasteiger partial charge is 0.450 e. The van der Waals surface area contributed by atoms with Gasteiger partial charge in [-0.25, -0.2) is 4.79 Å². The molecule has 0 spiro atoms. The Bertz CT molecular complexity index is 202. The molecule has 0 radical (unpaired) electrons. The SMILES string of the molecule is CC(N)S(=O)(=O)O.O=C(O)O. The second kappa shape index (κ2) is 4.88. The van der Waals surface area contributed by atoms with Crippen LogP contribution in [0.4, 0.5) is 4.79 Å². The molecular weight excluding hydrogens is 178 g/mol. The Labute approximate surface area is 63.2 Å². The summed E-state index contributed by atoms with van der Waals surface area (Å²) in [6.45, 7) is 1.19. The number of carboxylic acid groups (broad SMARTS) is 2. The molecule has 5 N–H and O–H groups in total. The van der Waals surface area contributed by atoms with Gasteiger partial charge in [0.25, 0.3) is 10.1 Å². The lowest BCUT2D eigenvalue weighted by Crippen LogP contribution is -2.25. The zero-order valence-corrected chi connectivity index (χ0v) is 6.45. The molecule has 0 aliphatic rings. The van der Waals surface area contributed by atoms with Gasteiger partial charge in [0.15, 0.2) is 0 Å². The van der Waals surface area contributed by atoms with Gasteiger partial charge in [0.05, 0.1) is 0 Å². The summed E-state index contributed by atoms with van der Waals surface area (Å²) in [5, 5.41) is 12.8. The van der Waals surface area contributed by atoms with Crippen LogP contribution in [0.2, 0.25) is 0 Å². The fourth-order valence-electron chi connectivity index (χ4n) is 0. The molecular formula is C3H9NO6S. The van der Waals surface area contributed by atoms with Gasteiger partial charge < -0.3 is 15.9 Å². The molecule has 0 aromatic rings. The second-order valence-electron chi connectivity index (χ2n) is 1.50. The van der Waals surface area contributed by atoms with Gasteiger partial charge in [0.1, 0.15) is 5.37 Å². The average Bonchev–Trinajstić information content (AvgIpc) is 1.59. The molecule has 0 heterocycles. The van der Waals surface area contributed by atoms with Crippen molar-refractivity contribution >= 4 is 16.3 Å². The Hall–Kier alpha value is -0.860. The molecule has 0 saturated carbocycles. The zero-order valence-electron chi connectivity index (χ0n) is 5.63. The van der Waals surface area contributed by atoms with Crippen LogP contribution in [0.1, 0.15) is 6.92 Å². The first-order valence-electron chi connectivity index (χ1n) is 2.31. The monoisotopic (exact) mass is 187 g/mol. The van der Waals surface area contributed by atoms with E-state index in [1.54, 1.807) is 0 Å². The van der Waals surface area contributed by atoms with Crippen LogP contribution in [0.15, 0.2) is 0 Å². The number of hydrogen-bond donors (Lipinski definition) is 4. The summed E-state index contributed by atoms with van der Waals surface area (Å²) in [5.74, 6) is 0. The molecule has 1 unspecified atom stereocenters. The highest BCUT2D eigenvalue weighted by atomic mass is 32.2. The molecule has 1 atom stereocenters. The third kappa shape index (κ3) is 17.6. The molecule has 11 heavy (non-hydrogen) atoms. The summed E-state index contributed by atoms with van der Waals surface area (Å²) >= 11 is 0. The van der Waals surface area contributed by atoms with Crippen molar-refractivity contribution in [2.75, 3.05) is 0 Å². The summed E-state index contributed by atoms with van der Waals surface area (Å²) in [5.41, 5.74) is 4.73. The molecule has 0 amide bonds. The van der Waals surface area contributed by atoms with E-state index in [9.17, 15) is 8.42 Å². The largest absolute Gasteiger partial charge is 0.503 e. The van der Waals surface area contributed by atoms with Crippen LogP contribution >= 0.6 is 0 Å². The Kier molecular flexibility index (Phi) is 5.67. The maximum Gasteiger partial charge on any atom is 0.503 e. The van der Waals surface area contributed by atoms with Gasteiger partial charge in [-0.1, -0.05) is 0 Å². The third-order valence-corrected chi connectivity index (χ3v) is 1.41. The summed E-state index contributed by atoms with van der Waals surface area (Å²) in [7, 11) is -3.96. The summed E-state index contributed by atoms with van der Waals surface area (Å²) < 4.78 is 27.5. The van der Waals surface area contributed by atoms with Crippen molar-refractivity contribution in [2.24, 2.45) is 5.73 Å². The number of nitrogens with two attached hydrogens (primary N) is 1. The lowest BCUT2D eigenvalue weighted by Gasteiger charge is -1.95. The van der Waals surface area contributed by atoms with Crippen LogP contribution in [-0.4, -0.2) is 34.7 Å². The fraction of sp³-hybridized carbons (Fsp3) is 0.667. The topological polar surface area (TPSA) is 138 Å². The Balaban J connectivity index is 0. The predicted octanol–water partition coefficient (Wildman–Crippen LogP) is -0.599. The second-order valence-corrected chi connectivity index (χ2v) is 3.28. The van der Waals surface area contributed by atoms with Crippen LogP contribution < -0.4 is 5.73 Å². The molecule has 8 heteroatoms. The summed E-state index contributed by atoms with van der Waals surface area (Å²) in [4.78, 5) is 8.56. The fourth-order valence-corrected chi connectivity index (χ4v) is 0. The van der Waals surface area contributed by atoms with Crippen molar-refractivity contribution in [3.8, 4) is 0 Å². The van der Waals surface area contributed by atoms with Crippen LogP contribution in [0.25, 0.3) is 0 Å². The first-order chi connectivity index (χ1) is 4.68. The summed E-state index contributed by atoms with van der Waals surface area (Å²) in [6, 6.07) is 0. The number of carbonyl (C=O) groups is 1. The van der Waals surface area contributed by atoms with Crippen molar-refractivity contribution < 1.29 is 28.0 Å². The zero-order chi connectivity index (χ0) is 9.65. The number of rotatable bonds is 1. The molecule has 0 aromatic carbocycles. The maximum atomic E-state index is 9.76. The molecule has 0 fully saturated rings. The molecule has 7 nitrogen and oxygen atoms in total. The highest BCUT2D eigenvalue weighted by molar-refractivity contribution is 7.86. The molecule has 0 aromatic heterocycles. The van der Waals surface area contributed by atoms with E-state index >= 15 is 0 Å². The van der Waals surface area contributed by atoms with E-state index in [4.69, 9.17) is 25.3 Å². The van der Waals surface area contributed by atoms with Crippen LogP contribution in [-0.2, 0) is 10.1 Å². The van der Waals surface area contributed by atoms with Crippen LogP contribution in [0.5, 0.6) is 0 Å². The minimum atomic E-state index is -3.96. The van der Waals surface area contributed by atoms with Gasteiger partial charge >= 0.3 is 6.16 Å². The van der Waals surface area contributed by atoms with Gasteiger partial charge in [-0.15, -0.1) is 0 Å². The maximum absolute atomic E-state index is 9.76. The van der Waals surface area contributed by atoms with E-state index in [0.29, 0.717) is 0 Å². The number of hydrogen-bond acceptors (Lipinski definition) is 4. The predicted molar refractivity (Wildman–Crippen MR) is 35.9 cm³/mol. The lowest BCUT2D eigenvalue weighted by atomic mass is 10.8. The first kappa shape index (κ1) is 12.8. The van der Waals surface area contributed by atoms with Crippen LogP contribution in [0.3, 0.4) is 0 Å². The van der Waals surface area contributed by atoms with Crippen molar-refractivity contribution in [1.82, 2.24) is 0 Å². The highest BCUT2D eigenvalue weighted by Crippen LogP contribution is 1.84. The molecule has 0 bridgehead atoms. The van der Waals surface area contributed by atoms with E-state index in [-0.39, 0.29) is 0 Å². The Morgan fingerprint density at radius 2 is 1.55 bits per heavy atom. The third-order valence-electron chi connectivity index (χ3n) is 0.470. The molecule has 0 aliphatic heterocycles. The van der Waals surface area contributed by atoms with Crippen molar-refractivity contribution in [1.29, 1.82) is 0 Å². The minimum Gasteiger partial charge on any atom is -0.450 e. The van der Waals surface area contributed by atoms with Crippen molar-refractivity contribution in [3.05, 3.63) is 0 Å². The molecule has 0 saturated heterocycles. The van der Waals surface area contributed by atoms with Gasteiger partial charge in [0.2, 0.25) is 0 Å². The normalized spacial score (nSPS) is 12.6. The van der Waals surface area contributed by atoms with Gasteiger partial charge in [-0.05, 0) is 6.92 Å². The highest BCUT2D eigenvalue weighted by Gasteiger charge is 2.09. The van der Waals surface area contributed by atoms with Gasteiger partial charge in [-0.3, -0.25) is 4.55 Å². The van der Waals surface area contributed by atoms with E-state index in [1.165, 1.54) is 6.92 Å². The van der Waals surface area contributed by atoms with Crippen LogP contribution in [0, 0.1) is 0 Å². The van der Waals surface area contributed by atoms with E-state index in [1.807, 2.05) is 0 Å². The first-order valence-corrected chi connectivity index (χ1v) is 3.82. The molecule has 68 valence electrons. The van der Waals surface area contributed by atoms with E-state index in [0.717, 1.165) is 0 Å². The van der Waals surface area contributed by atoms with E-state index < -0.39 is 21.6 Å². The van der Waals surface area contributed by atoms with Gasteiger partial charge in [-0.2, -0.15) is 8.42 Å². The quantitative estimate of drug-likeness (QED) is 0.402. The Morgan fingerprint density at radius 1 is 1.45 bits per heavy atom. The Morgan fingerprint density at radius 3 is 1.55 bits per heavy atom.